The third-order valence-corrected chi connectivity index (χ3v) is 6.71. The monoisotopic (exact) mass is 447 g/mol. The summed E-state index contributed by atoms with van der Waals surface area (Å²) in [6, 6.07) is 7.01. The van der Waals surface area contributed by atoms with Crippen molar-refractivity contribution in [3.63, 3.8) is 0 Å². The van der Waals surface area contributed by atoms with Gasteiger partial charge in [0.15, 0.2) is 0 Å². The molecule has 0 bridgehead atoms. The first-order valence-electron chi connectivity index (χ1n) is 9.44. The molecule has 1 unspecified atom stereocenters. The molecule has 1 aliphatic rings. The van der Waals surface area contributed by atoms with Crippen LogP contribution >= 0.6 is 19.3 Å². The minimum atomic E-state index is -4.02. The molecule has 2 rings (SSSR count). The summed E-state index contributed by atoms with van der Waals surface area (Å²) in [5, 5.41) is 13.0. The summed E-state index contributed by atoms with van der Waals surface area (Å²) in [6.07, 6.45) is -2.17. The summed E-state index contributed by atoms with van der Waals surface area (Å²) in [7, 11) is -2.29. The number of nitrogens with one attached hydrogen (secondary N) is 1. The maximum Gasteiger partial charge on any atom is 0.459 e. The molecule has 1 aliphatic heterocycles. The zero-order valence-electron chi connectivity index (χ0n) is 17.2. The molecule has 6 atom stereocenters. The van der Waals surface area contributed by atoms with Crippen molar-refractivity contribution in [2.75, 3.05) is 6.61 Å². The number of esters is 1. The van der Waals surface area contributed by atoms with Gasteiger partial charge in [0.25, 0.3) is 0 Å². The van der Waals surface area contributed by atoms with Gasteiger partial charge in [-0.25, -0.2) is 4.57 Å². The van der Waals surface area contributed by atoms with E-state index >= 15 is 0 Å². The lowest BCUT2D eigenvalue weighted by Crippen LogP contribution is -2.41. The first-order valence-corrected chi connectivity index (χ1v) is 11.4. The molecule has 162 valence electrons. The first kappa shape index (κ1) is 24.2. The van der Waals surface area contributed by atoms with Gasteiger partial charge in [0.2, 0.25) is 0 Å². The highest BCUT2D eigenvalue weighted by atomic mass is 35.5. The van der Waals surface area contributed by atoms with Gasteiger partial charge in [-0.05, 0) is 39.8 Å². The number of rotatable bonds is 9. The third kappa shape index (κ3) is 6.44. The van der Waals surface area contributed by atoms with Crippen LogP contribution in [0.1, 0.15) is 27.7 Å². The van der Waals surface area contributed by atoms with Crippen LogP contribution in [0.4, 0.5) is 0 Å². The minimum absolute atomic E-state index is 0.253. The number of carbonyl (C=O) groups is 1. The van der Waals surface area contributed by atoms with Gasteiger partial charge in [-0.1, -0.05) is 18.2 Å². The van der Waals surface area contributed by atoms with Gasteiger partial charge in [0, 0.05) is 6.00 Å². The fourth-order valence-electron chi connectivity index (χ4n) is 2.71. The second kappa shape index (κ2) is 9.81. The Morgan fingerprint density at radius 3 is 2.52 bits per heavy atom. The highest BCUT2D eigenvalue weighted by Crippen LogP contribution is 2.46. The molecular weight excluding hydrogens is 419 g/mol. The molecule has 0 amide bonds. The fourth-order valence-corrected chi connectivity index (χ4v) is 4.40. The van der Waals surface area contributed by atoms with E-state index in [1.54, 1.807) is 58.9 Å². The molecule has 8 nitrogen and oxygen atoms in total. The Morgan fingerprint density at radius 1 is 1.38 bits per heavy atom. The van der Waals surface area contributed by atoms with E-state index in [1.165, 1.54) is 6.92 Å². The van der Waals surface area contributed by atoms with Crippen molar-refractivity contribution in [2.45, 2.75) is 62.9 Å². The molecule has 29 heavy (non-hydrogen) atoms. The van der Waals surface area contributed by atoms with Crippen molar-refractivity contribution in [2.24, 2.45) is 0 Å². The Labute approximate surface area is 177 Å². The standard InChI is InChI=1S/C18H28BClNO7P/c1-11(2)26-16(23)12(3)21-29(24,28-13-8-6-5-7-9-13)25-10-14-15(22)18(4,20)17(19)27-14/h5-9,11-12,14-15,17,22H,10,19H2,1-4H3,(H,21,24)/t12-,14-,15-,17-,18-,29?/m1/s1. The van der Waals surface area contributed by atoms with Crippen LogP contribution in [0.15, 0.2) is 30.3 Å². The SMILES string of the molecule is B[C@@H]1O[C@H](COP(=O)(N[C@H](C)C(=O)OC(C)C)Oc2ccccc2)[C@@H](O)[C@@]1(C)Cl. The lowest BCUT2D eigenvalue weighted by atomic mass is 9.85. The number of aliphatic hydroxyl groups is 1. The quantitative estimate of drug-likeness (QED) is 0.256. The van der Waals surface area contributed by atoms with Crippen molar-refractivity contribution in [1.29, 1.82) is 0 Å². The Balaban J connectivity index is 2.12. The molecule has 1 heterocycles. The fraction of sp³-hybridized carbons (Fsp3) is 0.611. The number of benzene rings is 1. The van der Waals surface area contributed by atoms with Gasteiger partial charge in [0.05, 0.1) is 17.6 Å². The number of hydrogen-bond acceptors (Lipinski definition) is 7. The van der Waals surface area contributed by atoms with E-state index in [9.17, 15) is 14.5 Å². The smallest absolute Gasteiger partial charge is 0.459 e. The van der Waals surface area contributed by atoms with Crippen LogP contribution in [0, 0.1) is 0 Å². The van der Waals surface area contributed by atoms with Crippen LogP contribution in [-0.2, 0) is 23.4 Å². The second-order valence-electron chi connectivity index (χ2n) is 7.45. The van der Waals surface area contributed by atoms with Crippen molar-refractivity contribution in [3.05, 3.63) is 30.3 Å². The summed E-state index contributed by atoms with van der Waals surface area (Å²) in [6.45, 7) is 6.33. The number of para-hydroxylation sites is 1. The molecule has 0 spiro atoms. The molecule has 0 saturated carbocycles. The molecule has 11 heteroatoms. The second-order valence-corrected chi connectivity index (χ2v) is 9.96. The molecule has 2 N–H and O–H groups in total. The Hall–Kier alpha value is -1.09. The van der Waals surface area contributed by atoms with Crippen molar-refractivity contribution in [3.8, 4) is 5.75 Å². The lowest BCUT2D eigenvalue weighted by Gasteiger charge is -2.26. The van der Waals surface area contributed by atoms with Gasteiger partial charge in [-0.15, -0.1) is 11.6 Å². The topological polar surface area (TPSA) is 103 Å². The average molecular weight is 448 g/mol. The van der Waals surface area contributed by atoms with E-state index in [0.717, 1.165) is 0 Å². The number of hydrogen-bond donors (Lipinski definition) is 2. The van der Waals surface area contributed by atoms with Gasteiger partial charge >= 0.3 is 13.7 Å². The number of alkyl halides is 1. The number of aliphatic hydroxyl groups excluding tert-OH is 1. The molecule has 0 aromatic heterocycles. The van der Waals surface area contributed by atoms with E-state index in [0.29, 0.717) is 0 Å². The predicted octanol–water partition coefficient (Wildman–Crippen LogP) is 1.84. The normalized spacial score (nSPS) is 30.0. The zero-order valence-corrected chi connectivity index (χ0v) is 18.9. The highest BCUT2D eigenvalue weighted by molar-refractivity contribution is 7.52. The first-order chi connectivity index (χ1) is 13.4. The minimum Gasteiger partial charge on any atom is -0.462 e. The van der Waals surface area contributed by atoms with E-state index in [1.807, 2.05) is 0 Å². The predicted molar refractivity (Wildman–Crippen MR) is 112 cm³/mol. The van der Waals surface area contributed by atoms with Gasteiger partial charge in [0.1, 0.15) is 31.8 Å². The van der Waals surface area contributed by atoms with Crippen molar-refractivity contribution < 1.29 is 33.0 Å². The summed E-state index contributed by atoms with van der Waals surface area (Å²) in [5.74, 6) is -0.309. The summed E-state index contributed by atoms with van der Waals surface area (Å²) in [4.78, 5) is 11.1. The Bertz CT molecular complexity index is 736. The molecule has 1 fully saturated rings. The van der Waals surface area contributed by atoms with E-state index in [4.69, 9.17) is 30.1 Å². The van der Waals surface area contributed by atoms with Crippen LogP contribution in [-0.4, -0.2) is 60.8 Å². The zero-order chi connectivity index (χ0) is 21.8. The van der Waals surface area contributed by atoms with Crippen LogP contribution in [0.3, 0.4) is 0 Å². The molecule has 1 saturated heterocycles. The summed E-state index contributed by atoms with van der Waals surface area (Å²) in [5.41, 5.74) is 0. The molecule has 0 aliphatic carbocycles. The average Bonchev–Trinajstić information content (AvgIpc) is 2.83. The van der Waals surface area contributed by atoms with Crippen LogP contribution in [0.5, 0.6) is 5.75 Å². The van der Waals surface area contributed by atoms with Crippen molar-refractivity contribution >= 4 is 33.2 Å². The summed E-state index contributed by atoms with van der Waals surface area (Å²) < 4.78 is 35.2. The summed E-state index contributed by atoms with van der Waals surface area (Å²) >= 11 is 6.31. The van der Waals surface area contributed by atoms with Crippen LogP contribution in [0.25, 0.3) is 0 Å². The van der Waals surface area contributed by atoms with Crippen molar-refractivity contribution in [1.82, 2.24) is 5.09 Å². The number of halogens is 1. The number of carbonyl (C=O) groups excluding carboxylic acids is 1. The largest absolute Gasteiger partial charge is 0.462 e. The molecule has 1 aromatic rings. The third-order valence-electron chi connectivity index (χ3n) is 4.54. The van der Waals surface area contributed by atoms with Gasteiger partial charge in [-0.3, -0.25) is 9.32 Å². The Kier molecular flexibility index (Phi) is 8.19. The molecular formula is C18H28BClNO7P. The van der Waals surface area contributed by atoms with E-state index < -0.39 is 42.8 Å². The van der Waals surface area contributed by atoms with Gasteiger partial charge < -0.3 is 19.1 Å². The maximum absolute atomic E-state index is 13.4. The van der Waals surface area contributed by atoms with E-state index in [2.05, 4.69) is 5.09 Å². The Morgan fingerprint density at radius 2 is 2.00 bits per heavy atom. The lowest BCUT2D eigenvalue weighted by molar-refractivity contribution is -0.149. The highest BCUT2D eigenvalue weighted by Gasteiger charge is 2.50. The van der Waals surface area contributed by atoms with Crippen LogP contribution in [0.2, 0.25) is 0 Å². The molecule has 0 radical (unpaired) electrons. The molecule has 1 aromatic carbocycles. The van der Waals surface area contributed by atoms with Crippen LogP contribution < -0.4 is 9.61 Å². The van der Waals surface area contributed by atoms with Gasteiger partial charge in [-0.2, -0.15) is 5.09 Å². The van der Waals surface area contributed by atoms with E-state index in [-0.39, 0.29) is 18.5 Å². The number of ether oxygens (including phenoxy) is 2. The maximum atomic E-state index is 13.4.